The van der Waals surface area contributed by atoms with Crippen LogP contribution in [0.15, 0.2) is 23.4 Å². The minimum atomic E-state index is -4.43. The van der Waals surface area contributed by atoms with Crippen LogP contribution in [0.1, 0.15) is 12.0 Å². The predicted octanol–water partition coefficient (Wildman–Crippen LogP) is 1.71. The molecule has 0 saturated heterocycles. The molecular weight excluding hydrogens is 321 g/mol. The van der Waals surface area contributed by atoms with Crippen molar-refractivity contribution in [3.05, 3.63) is 23.9 Å². The van der Waals surface area contributed by atoms with Gasteiger partial charge in [0.05, 0.1) is 29.0 Å². The lowest BCUT2D eigenvalue weighted by Crippen LogP contribution is -2.39. The smallest absolute Gasteiger partial charge is 0.394 e. The van der Waals surface area contributed by atoms with E-state index in [1.54, 1.807) is 0 Å². The Balaban J connectivity index is 2.43. The van der Waals surface area contributed by atoms with Crippen LogP contribution >= 0.6 is 11.8 Å². The SMILES string of the molecule is COCC[C@@H](CO)NC(=O)CSc1ccc(C(F)(F)F)cn1. The summed E-state index contributed by atoms with van der Waals surface area (Å²) >= 11 is 1.02. The highest BCUT2D eigenvalue weighted by Crippen LogP contribution is 2.29. The lowest BCUT2D eigenvalue weighted by molar-refractivity contribution is -0.137. The second-order valence-electron chi connectivity index (χ2n) is 4.40. The van der Waals surface area contributed by atoms with Gasteiger partial charge in [-0.2, -0.15) is 13.2 Å². The van der Waals surface area contributed by atoms with Gasteiger partial charge < -0.3 is 15.2 Å². The van der Waals surface area contributed by atoms with E-state index in [1.807, 2.05) is 0 Å². The third-order valence-electron chi connectivity index (χ3n) is 2.67. The quantitative estimate of drug-likeness (QED) is 0.706. The van der Waals surface area contributed by atoms with Gasteiger partial charge in [-0.1, -0.05) is 11.8 Å². The van der Waals surface area contributed by atoms with Gasteiger partial charge in [-0.15, -0.1) is 0 Å². The number of hydrogen-bond donors (Lipinski definition) is 2. The lowest BCUT2D eigenvalue weighted by atomic mass is 10.2. The summed E-state index contributed by atoms with van der Waals surface area (Å²) in [5, 5.41) is 12.0. The number of nitrogens with one attached hydrogen (secondary N) is 1. The molecule has 0 saturated carbocycles. The predicted molar refractivity (Wildman–Crippen MR) is 75.5 cm³/mol. The van der Waals surface area contributed by atoms with Crippen LogP contribution in [0, 0.1) is 0 Å². The largest absolute Gasteiger partial charge is 0.417 e. The van der Waals surface area contributed by atoms with Gasteiger partial charge in [-0.3, -0.25) is 4.79 Å². The highest BCUT2D eigenvalue weighted by Gasteiger charge is 2.30. The zero-order chi connectivity index (χ0) is 16.6. The van der Waals surface area contributed by atoms with Gasteiger partial charge >= 0.3 is 6.18 Å². The highest BCUT2D eigenvalue weighted by molar-refractivity contribution is 7.99. The molecular formula is C13H17F3N2O3S. The maximum Gasteiger partial charge on any atom is 0.417 e. The fourth-order valence-electron chi connectivity index (χ4n) is 1.51. The van der Waals surface area contributed by atoms with Crippen molar-refractivity contribution >= 4 is 17.7 Å². The van der Waals surface area contributed by atoms with Gasteiger partial charge in [-0.25, -0.2) is 4.98 Å². The fourth-order valence-corrected chi connectivity index (χ4v) is 2.17. The molecule has 1 heterocycles. The zero-order valence-corrected chi connectivity index (χ0v) is 12.7. The standard InChI is InChI=1S/C13H17F3N2O3S/c1-21-5-4-10(7-19)18-11(20)8-22-12-3-2-9(6-17-12)13(14,15)16/h2-3,6,10,19H,4-5,7-8H2,1H3,(H,18,20)/t10-/m0/s1. The molecule has 5 nitrogen and oxygen atoms in total. The molecule has 9 heteroatoms. The Kier molecular flexibility index (Phi) is 7.63. The van der Waals surface area contributed by atoms with Crippen LogP contribution in [0.25, 0.3) is 0 Å². The number of carbonyl (C=O) groups excluding carboxylic acids is 1. The molecule has 2 N–H and O–H groups in total. The molecule has 0 bridgehead atoms. The van der Waals surface area contributed by atoms with Crippen molar-refractivity contribution in [3.63, 3.8) is 0 Å². The number of aliphatic hydroxyl groups excluding tert-OH is 1. The number of nitrogens with zero attached hydrogens (tertiary/aromatic N) is 1. The van der Waals surface area contributed by atoms with Gasteiger partial charge in [-0.05, 0) is 18.6 Å². The summed E-state index contributed by atoms with van der Waals surface area (Å²) < 4.78 is 42.0. The average molecular weight is 338 g/mol. The van der Waals surface area contributed by atoms with E-state index in [0.29, 0.717) is 18.1 Å². The van der Waals surface area contributed by atoms with Crippen molar-refractivity contribution in [2.24, 2.45) is 0 Å². The number of hydrogen-bond acceptors (Lipinski definition) is 5. The minimum absolute atomic E-state index is 0.00183. The van der Waals surface area contributed by atoms with E-state index in [0.717, 1.165) is 24.0 Å². The van der Waals surface area contributed by atoms with Gasteiger partial charge in [0, 0.05) is 19.9 Å². The van der Waals surface area contributed by atoms with Gasteiger partial charge in [0.15, 0.2) is 0 Å². The van der Waals surface area contributed by atoms with Crippen LogP contribution in [0.4, 0.5) is 13.2 Å². The monoisotopic (exact) mass is 338 g/mol. The molecule has 1 aromatic heterocycles. The van der Waals surface area contributed by atoms with E-state index in [1.165, 1.54) is 13.2 Å². The summed E-state index contributed by atoms with van der Waals surface area (Å²) in [4.78, 5) is 15.3. The van der Waals surface area contributed by atoms with Crippen molar-refractivity contribution in [3.8, 4) is 0 Å². The molecule has 1 rings (SSSR count). The normalized spacial score (nSPS) is 13.0. The lowest BCUT2D eigenvalue weighted by Gasteiger charge is -2.15. The first kappa shape index (κ1) is 18.7. The molecule has 0 spiro atoms. The molecule has 1 aromatic rings. The van der Waals surface area contributed by atoms with E-state index in [4.69, 9.17) is 9.84 Å². The van der Waals surface area contributed by atoms with Crippen molar-refractivity contribution in [1.29, 1.82) is 0 Å². The molecule has 0 aliphatic carbocycles. The Bertz CT molecular complexity index is 469. The van der Waals surface area contributed by atoms with E-state index < -0.39 is 17.8 Å². The number of aromatic nitrogens is 1. The number of ether oxygens (including phenoxy) is 1. The second-order valence-corrected chi connectivity index (χ2v) is 5.40. The number of thioether (sulfide) groups is 1. The fraction of sp³-hybridized carbons (Fsp3) is 0.538. The number of carbonyl (C=O) groups is 1. The first-order valence-corrected chi connectivity index (χ1v) is 7.40. The van der Waals surface area contributed by atoms with Gasteiger partial charge in [0.2, 0.25) is 5.91 Å². The Hall–Kier alpha value is -1.32. The third-order valence-corrected chi connectivity index (χ3v) is 3.61. The van der Waals surface area contributed by atoms with Crippen LogP contribution in [-0.2, 0) is 15.7 Å². The Morgan fingerprint density at radius 3 is 2.73 bits per heavy atom. The first-order valence-electron chi connectivity index (χ1n) is 6.42. The van der Waals surface area contributed by atoms with E-state index in [9.17, 15) is 18.0 Å². The zero-order valence-electron chi connectivity index (χ0n) is 11.9. The maximum atomic E-state index is 12.4. The minimum Gasteiger partial charge on any atom is -0.394 e. The van der Waals surface area contributed by atoms with Gasteiger partial charge in [0.25, 0.3) is 0 Å². The number of amides is 1. The molecule has 0 aromatic carbocycles. The number of methoxy groups -OCH3 is 1. The van der Waals surface area contributed by atoms with Crippen molar-refractivity contribution in [2.45, 2.75) is 23.7 Å². The summed E-state index contributed by atoms with van der Waals surface area (Å²) in [5.41, 5.74) is -0.832. The van der Waals surface area contributed by atoms with Crippen molar-refractivity contribution in [2.75, 3.05) is 26.1 Å². The van der Waals surface area contributed by atoms with Crippen LogP contribution in [0.3, 0.4) is 0 Å². The molecule has 1 atom stereocenters. The number of halogens is 3. The van der Waals surface area contributed by atoms with Crippen LogP contribution in [0.2, 0.25) is 0 Å². The van der Waals surface area contributed by atoms with Gasteiger partial charge in [0.1, 0.15) is 0 Å². The van der Waals surface area contributed by atoms with E-state index in [2.05, 4.69) is 10.3 Å². The highest BCUT2D eigenvalue weighted by atomic mass is 32.2. The van der Waals surface area contributed by atoms with Crippen LogP contribution in [0.5, 0.6) is 0 Å². The summed E-state index contributed by atoms with van der Waals surface area (Å²) in [6, 6.07) is 1.73. The molecule has 0 fully saturated rings. The molecule has 0 unspecified atom stereocenters. The Morgan fingerprint density at radius 2 is 2.23 bits per heavy atom. The summed E-state index contributed by atoms with van der Waals surface area (Å²) in [6.07, 6.45) is -3.22. The Labute approximate surface area is 130 Å². The Morgan fingerprint density at radius 1 is 1.50 bits per heavy atom. The summed E-state index contributed by atoms with van der Waals surface area (Å²) in [7, 11) is 1.52. The summed E-state index contributed by atoms with van der Waals surface area (Å²) in [6.45, 7) is 0.192. The molecule has 124 valence electrons. The van der Waals surface area contributed by atoms with E-state index in [-0.39, 0.29) is 18.3 Å². The first-order chi connectivity index (χ1) is 10.4. The molecule has 0 aliphatic heterocycles. The molecule has 0 radical (unpaired) electrons. The van der Waals surface area contributed by atoms with Crippen LogP contribution in [-0.4, -0.2) is 48.1 Å². The topological polar surface area (TPSA) is 71.5 Å². The second kappa shape index (κ2) is 8.96. The maximum absolute atomic E-state index is 12.4. The van der Waals surface area contributed by atoms with Crippen LogP contribution < -0.4 is 5.32 Å². The third kappa shape index (κ3) is 6.63. The molecule has 22 heavy (non-hydrogen) atoms. The number of alkyl halides is 3. The summed E-state index contributed by atoms with van der Waals surface area (Å²) in [5.74, 6) is -0.330. The van der Waals surface area contributed by atoms with Crippen molar-refractivity contribution < 1.29 is 27.8 Å². The van der Waals surface area contributed by atoms with E-state index >= 15 is 0 Å². The molecule has 0 aliphatic rings. The number of rotatable bonds is 8. The average Bonchev–Trinajstić information content (AvgIpc) is 2.49. The number of aliphatic hydroxyl groups is 1. The molecule has 1 amide bonds. The number of pyridine rings is 1. The van der Waals surface area contributed by atoms with Crippen molar-refractivity contribution in [1.82, 2.24) is 10.3 Å².